The van der Waals surface area contributed by atoms with Gasteiger partial charge in [0.25, 0.3) is 0 Å². The van der Waals surface area contributed by atoms with E-state index >= 15 is 0 Å². The predicted octanol–water partition coefficient (Wildman–Crippen LogP) is 5.51. The van der Waals surface area contributed by atoms with Crippen LogP contribution in [0.3, 0.4) is 0 Å². The van der Waals surface area contributed by atoms with Gasteiger partial charge in [0.1, 0.15) is 0 Å². The predicted molar refractivity (Wildman–Crippen MR) is 168 cm³/mol. The van der Waals surface area contributed by atoms with Crippen LogP contribution in [0.15, 0.2) is 24.9 Å². The number of rotatable bonds is 6. The van der Waals surface area contributed by atoms with Gasteiger partial charge in [0.2, 0.25) is 5.91 Å². The first kappa shape index (κ1) is 29.2. The molecule has 3 fully saturated rings. The Balaban J connectivity index is 1.41. The van der Waals surface area contributed by atoms with Crippen molar-refractivity contribution >= 4 is 34.2 Å². The lowest BCUT2D eigenvalue weighted by atomic mass is 9.85. The number of nitrogens with one attached hydrogen (secondary N) is 1. The van der Waals surface area contributed by atoms with Crippen LogP contribution in [0.25, 0.3) is 22.0 Å². The first-order valence-electron chi connectivity index (χ1n) is 15.3. The lowest BCUT2D eigenvalue weighted by molar-refractivity contribution is -0.127. The fourth-order valence-corrected chi connectivity index (χ4v) is 7.75. The Bertz CT molecular complexity index is 1480. The largest absolute Gasteiger partial charge is 0.380 e. The number of carbonyl (C=O) groups is 1. The Labute approximate surface area is 253 Å². The molecule has 1 N–H and O–H groups in total. The van der Waals surface area contributed by atoms with Crippen molar-refractivity contribution in [3.63, 3.8) is 0 Å². The zero-order chi connectivity index (χ0) is 29.8. The number of amides is 1. The molecule has 0 bridgehead atoms. The van der Waals surface area contributed by atoms with Crippen LogP contribution < -0.4 is 4.90 Å². The molecule has 9 nitrogen and oxygen atoms in total. The summed E-state index contributed by atoms with van der Waals surface area (Å²) in [5, 5.41) is 14.7. The molecular weight excluding hydrogens is 550 g/mol. The minimum Gasteiger partial charge on any atom is -0.380 e. The maximum absolute atomic E-state index is 12.3. The molecule has 6 rings (SSSR count). The van der Waals surface area contributed by atoms with Gasteiger partial charge in [0.05, 0.1) is 29.4 Å². The third-order valence-corrected chi connectivity index (χ3v) is 10.5. The second-order valence-electron chi connectivity index (χ2n) is 13.0. The number of aromatic nitrogens is 4. The normalized spacial score (nSPS) is 23.3. The number of fused-ring (bicyclic) bond motifs is 1. The zero-order valence-electron chi connectivity index (χ0n) is 25.6. The first-order chi connectivity index (χ1) is 20.1. The Morgan fingerprint density at radius 2 is 1.93 bits per heavy atom. The minimum absolute atomic E-state index is 0.000312. The zero-order valence-corrected chi connectivity index (χ0v) is 26.4. The average molecular weight is 594 g/mol. The third kappa shape index (κ3) is 5.03. The summed E-state index contributed by atoms with van der Waals surface area (Å²) in [7, 11) is 2.27. The molecule has 0 saturated carbocycles. The fourth-order valence-electron chi connectivity index (χ4n) is 7.50. The highest BCUT2D eigenvalue weighted by molar-refractivity contribution is 6.36. The summed E-state index contributed by atoms with van der Waals surface area (Å²) < 4.78 is 7.93. The fraction of sp³-hybridized carbons (Fsp3) is 0.594. The first-order valence-corrected chi connectivity index (χ1v) is 15.7. The number of halogens is 1. The van der Waals surface area contributed by atoms with E-state index in [2.05, 4.69) is 72.1 Å². The lowest BCUT2D eigenvalue weighted by Crippen LogP contribution is -2.57. The van der Waals surface area contributed by atoms with Crippen LogP contribution in [0.4, 0.5) is 5.82 Å². The molecule has 3 aliphatic rings. The number of ether oxygens (including phenoxy) is 1. The number of carbonyl (C=O) groups excluding carboxylic acids is 1. The quantitative estimate of drug-likeness (QED) is 0.379. The number of aryl methyl sites for hydroxylation is 1. The number of hydrogen-bond donors (Lipinski definition) is 1. The smallest absolute Gasteiger partial charge is 0.245 e. The standard InChI is InChI=1S/C32H44ClN7O2/c1-7-27(41)38-12-8-22(9-13-38)40-21(3)28(29-25-18-34-35-26(25)16-20(2)30(29)33)31(36-40)39-14-10-23(17-32(39,4)5)37(6)24-11-15-42-19-24/h7,16,18,22-24H,1,8-15,17,19H2,2-6H3,(H,34,35)/t23?,24-/m1/s1. The Morgan fingerprint density at radius 3 is 2.60 bits per heavy atom. The van der Waals surface area contributed by atoms with Gasteiger partial charge in [-0.2, -0.15) is 10.2 Å². The molecule has 3 aromatic rings. The van der Waals surface area contributed by atoms with Crippen LogP contribution in [-0.2, 0) is 9.53 Å². The molecule has 2 aromatic heterocycles. The van der Waals surface area contributed by atoms with Crippen molar-refractivity contribution in [1.82, 2.24) is 29.8 Å². The number of likely N-dealkylation sites (tertiary alicyclic amines) is 1. The number of hydrogen-bond acceptors (Lipinski definition) is 6. The molecule has 5 heterocycles. The van der Waals surface area contributed by atoms with Gasteiger partial charge in [-0.05, 0) is 84.6 Å². The molecule has 2 atom stereocenters. The van der Waals surface area contributed by atoms with Gasteiger partial charge < -0.3 is 14.5 Å². The molecule has 0 radical (unpaired) electrons. The highest BCUT2D eigenvalue weighted by atomic mass is 35.5. The van der Waals surface area contributed by atoms with E-state index in [0.717, 1.165) is 96.0 Å². The van der Waals surface area contributed by atoms with Crippen molar-refractivity contribution in [3.8, 4) is 11.1 Å². The van der Waals surface area contributed by atoms with Gasteiger partial charge in [0.15, 0.2) is 5.82 Å². The molecule has 1 unspecified atom stereocenters. The van der Waals surface area contributed by atoms with Gasteiger partial charge in [-0.3, -0.25) is 19.5 Å². The highest BCUT2D eigenvalue weighted by Gasteiger charge is 2.41. The molecular formula is C32H44ClN7O2. The van der Waals surface area contributed by atoms with E-state index < -0.39 is 0 Å². The summed E-state index contributed by atoms with van der Waals surface area (Å²) in [5.74, 6) is 0.988. The summed E-state index contributed by atoms with van der Waals surface area (Å²) in [6.45, 7) is 16.6. The Morgan fingerprint density at radius 1 is 1.17 bits per heavy atom. The third-order valence-electron chi connectivity index (χ3n) is 10.0. The van der Waals surface area contributed by atoms with Crippen LogP contribution in [0.5, 0.6) is 0 Å². The Hall–Kier alpha value is -2.88. The molecule has 3 aliphatic heterocycles. The van der Waals surface area contributed by atoms with Gasteiger partial charge in [0, 0.05) is 66.1 Å². The topological polar surface area (TPSA) is 82.5 Å². The van der Waals surface area contributed by atoms with Crippen molar-refractivity contribution in [1.29, 1.82) is 0 Å². The lowest BCUT2D eigenvalue weighted by Gasteiger charge is -2.49. The molecule has 0 spiro atoms. The Kier molecular flexibility index (Phi) is 7.87. The second-order valence-corrected chi connectivity index (χ2v) is 13.4. The van der Waals surface area contributed by atoms with Gasteiger partial charge >= 0.3 is 0 Å². The van der Waals surface area contributed by atoms with Crippen molar-refractivity contribution in [3.05, 3.63) is 41.2 Å². The van der Waals surface area contributed by atoms with Crippen LogP contribution in [-0.4, -0.2) is 93.2 Å². The SMILES string of the molecule is C=CC(=O)N1CCC(n2nc(N3CCC(N(C)[C@@H]4CCOC4)CC3(C)C)c(-c3c(Cl)c(C)cc4[nH]ncc34)c2C)CC1. The number of benzene rings is 1. The van der Waals surface area contributed by atoms with E-state index in [-0.39, 0.29) is 17.5 Å². The molecule has 42 heavy (non-hydrogen) atoms. The number of piperidine rings is 2. The number of anilines is 1. The van der Waals surface area contributed by atoms with E-state index in [0.29, 0.717) is 25.2 Å². The molecule has 226 valence electrons. The number of aromatic amines is 1. The van der Waals surface area contributed by atoms with E-state index in [1.807, 2.05) is 11.1 Å². The van der Waals surface area contributed by atoms with E-state index in [1.54, 1.807) is 0 Å². The summed E-state index contributed by atoms with van der Waals surface area (Å²) in [6.07, 6.45) is 8.20. The number of likely N-dealkylation sites (N-methyl/N-ethyl adjacent to an activating group) is 1. The molecule has 3 saturated heterocycles. The molecule has 1 amide bonds. The van der Waals surface area contributed by atoms with E-state index in [9.17, 15) is 4.79 Å². The summed E-state index contributed by atoms with van der Waals surface area (Å²) in [6, 6.07) is 3.25. The monoisotopic (exact) mass is 593 g/mol. The van der Waals surface area contributed by atoms with Crippen molar-refractivity contribution in [2.75, 3.05) is 44.8 Å². The average Bonchev–Trinajstić information content (AvgIpc) is 3.74. The molecule has 10 heteroatoms. The maximum atomic E-state index is 12.3. The van der Waals surface area contributed by atoms with E-state index in [1.165, 1.54) is 6.08 Å². The summed E-state index contributed by atoms with van der Waals surface area (Å²) in [5.41, 5.74) is 5.05. The number of H-pyrrole nitrogens is 1. The van der Waals surface area contributed by atoms with Gasteiger partial charge in [-0.25, -0.2) is 0 Å². The highest BCUT2D eigenvalue weighted by Crippen LogP contribution is 2.47. The maximum Gasteiger partial charge on any atom is 0.245 e. The van der Waals surface area contributed by atoms with Crippen LogP contribution in [0, 0.1) is 13.8 Å². The van der Waals surface area contributed by atoms with Crippen molar-refractivity contribution < 1.29 is 9.53 Å². The van der Waals surface area contributed by atoms with E-state index in [4.69, 9.17) is 21.4 Å². The van der Waals surface area contributed by atoms with Crippen LogP contribution in [0.2, 0.25) is 5.02 Å². The van der Waals surface area contributed by atoms with Crippen molar-refractivity contribution in [2.45, 2.75) is 83.5 Å². The van der Waals surface area contributed by atoms with Crippen LogP contribution in [0.1, 0.15) is 63.3 Å². The minimum atomic E-state index is -0.122. The molecule has 1 aromatic carbocycles. The summed E-state index contributed by atoms with van der Waals surface area (Å²) >= 11 is 7.15. The van der Waals surface area contributed by atoms with Gasteiger partial charge in [-0.1, -0.05) is 18.2 Å². The van der Waals surface area contributed by atoms with Gasteiger partial charge in [-0.15, -0.1) is 0 Å². The summed E-state index contributed by atoms with van der Waals surface area (Å²) in [4.78, 5) is 19.2. The number of nitrogens with zero attached hydrogens (tertiary/aromatic N) is 6. The van der Waals surface area contributed by atoms with Crippen LogP contribution >= 0.6 is 11.6 Å². The molecule has 0 aliphatic carbocycles. The van der Waals surface area contributed by atoms with Crippen molar-refractivity contribution in [2.24, 2.45) is 0 Å². The second kappa shape index (κ2) is 11.3.